The minimum absolute atomic E-state index is 0.0739. The number of nitrogens with one attached hydrogen (secondary N) is 2. The Kier molecular flexibility index (Phi) is 6.91. The number of ether oxygens (including phenoxy) is 2. The summed E-state index contributed by atoms with van der Waals surface area (Å²) in [5, 5.41) is 14.9. The average molecular weight is 365 g/mol. The Labute approximate surface area is 151 Å². The summed E-state index contributed by atoms with van der Waals surface area (Å²) >= 11 is 5.94. The van der Waals surface area contributed by atoms with Crippen LogP contribution in [0.25, 0.3) is 0 Å². The summed E-state index contributed by atoms with van der Waals surface area (Å²) < 4.78 is 10.6. The van der Waals surface area contributed by atoms with E-state index in [0.29, 0.717) is 28.8 Å². The maximum atomic E-state index is 12.1. The van der Waals surface area contributed by atoms with Crippen molar-refractivity contribution in [3.05, 3.63) is 52.5 Å². The molecule has 0 saturated heterocycles. The zero-order valence-electron chi connectivity index (χ0n) is 14.1. The van der Waals surface area contributed by atoms with Gasteiger partial charge in [0.2, 0.25) is 0 Å². The molecule has 2 aromatic carbocycles. The van der Waals surface area contributed by atoms with Crippen LogP contribution in [0.2, 0.25) is 5.02 Å². The fraction of sp³-hybridized carbons (Fsp3) is 0.278. The highest BCUT2D eigenvalue weighted by molar-refractivity contribution is 6.31. The van der Waals surface area contributed by atoms with Gasteiger partial charge in [-0.1, -0.05) is 23.7 Å². The average Bonchev–Trinajstić information content (AvgIpc) is 2.61. The predicted molar refractivity (Wildman–Crippen MR) is 97.6 cm³/mol. The molecule has 0 saturated carbocycles. The summed E-state index contributed by atoms with van der Waals surface area (Å²) in [6.07, 6.45) is 0. The van der Waals surface area contributed by atoms with Crippen molar-refractivity contribution in [1.29, 1.82) is 0 Å². The first-order valence-corrected chi connectivity index (χ1v) is 8.13. The first-order chi connectivity index (χ1) is 12.0. The number of aliphatic hydroxyl groups excluding tert-OH is 1. The lowest BCUT2D eigenvalue weighted by atomic mass is 10.2. The Morgan fingerprint density at radius 1 is 1.20 bits per heavy atom. The second-order valence-corrected chi connectivity index (χ2v) is 5.76. The number of rotatable bonds is 7. The number of carbonyl (C=O) groups excluding carboxylic acids is 1. The van der Waals surface area contributed by atoms with Gasteiger partial charge in [0.15, 0.2) is 11.5 Å². The summed E-state index contributed by atoms with van der Waals surface area (Å²) in [6.45, 7) is 2.33. The van der Waals surface area contributed by atoms with Crippen molar-refractivity contribution in [2.75, 3.05) is 25.6 Å². The monoisotopic (exact) mass is 364 g/mol. The minimum Gasteiger partial charge on any atom is -0.493 e. The molecule has 0 aromatic heterocycles. The van der Waals surface area contributed by atoms with Crippen molar-refractivity contribution in [3.63, 3.8) is 0 Å². The van der Waals surface area contributed by atoms with Crippen molar-refractivity contribution < 1.29 is 19.4 Å². The van der Waals surface area contributed by atoms with E-state index in [-0.39, 0.29) is 19.2 Å². The van der Waals surface area contributed by atoms with E-state index in [2.05, 4.69) is 10.6 Å². The summed E-state index contributed by atoms with van der Waals surface area (Å²) in [5.74, 6) is 1.08. The first-order valence-electron chi connectivity index (χ1n) is 7.75. The number of halogens is 1. The van der Waals surface area contributed by atoms with Gasteiger partial charge in [-0.2, -0.15) is 0 Å². The van der Waals surface area contributed by atoms with Crippen LogP contribution in [0.3, 0.4) is 0 Å². The third-order valence-corrected chi connectivity index (χ3v) is 3.71. The molecule has 0 radical (unpaired) electrons. The number of hydrogen-bond acceptors (Lipinski definition) is 4. The van der Waals surface area contributed by atoms with Gasteiger partial charge in [0.05, 0.1) is 13.7 Å². The Morgan fingerprint density at radius 2 is 2.00 bits per heavy atom. The van der Waals surface area contributed by atoms with E-state index in [9.17, 15) is 4.79 Å². The molecule has 6 nitrogen and oxygen atoms in total. The van der Waals surface area contributed by atoms with Crippen molar-refractivity contribution in [1.82, 2.24) is 5.32 Å². The number of carbonyl (C=O) groups is 1. The standard InChI is InChI=1S/C18H21ClN2O4/c1-12-3-5-14(19)10-15(12)21-18(23)20-11-13-4-6-16(25-8-7-22)17(9-13)24-2/h3-6,9-10,22H,7-8,11H2,1-2H3,(H2,20,21,23). The summed E-state index contributed by atoms with van der Waals surface area (Å²) in [7, 11) is 1.53. The zero-order chi connectivity index (χ0) is 18.2. The number of aliphatic hydroxyl groups is 1. The van der Waals surface area contributed by atoms with Crippen LogP contribution in [0, 0.1) is 6.92 Å². The molecule has 0 aliphatic rings. The van der Waals surface area contributed by atoms with E-state index in [1.807, 2.05) is 19.1 Å². The molecule has 134 valence electrons. The van der Waals surface area contributed by atoms with Crippen LogP contribution in [-0.4, -0.2) is 31.5 Å². The molecule has 2 aromatic rings. The second kappa shape index (κ2) is 9.15. The summed E-state index contributed by atoms with van der Waals surface area (Å²) in [5.41, 5.74) is 2.44. The maximum Gasteiger partial charge on any atom is 0.319 e. The molecule has 0 aliphatic carbocycles. The lowest BCUT2D eigenvalue weighted by molar-refractivity contribution is 0.196. The Morgan fingerprint density at radius 3 is 2.72 bits per heavy atom. The number of amides is 2. The minimum atomic E-state index is -0.329. The van der Waals surface area contributed by atoms with Crippen LogP contribution in [0.15, 0.2) is 36.4 Å². The molecule has 0 atom stereocenters. The van der Waals surface area contributed by atoms with Crippen LogP contribution < -0.4 is 20.1 Å². The topological polar surface area (TPSA) is 79.8 Å². The molecule has 25 heavy (non-hydrogen) atoms. The van der Waals surface area contributed by atoms with Crippen LogP contribution in [-0.2, 0) is 6.54 Å². The molecule has 0 unspecified atom stereocenters. The van der Waals surface area contributed by atoms with Gasteiger partial charge in [-0.15, -0.1) is 0 Å². The molecule has 7 heteroatoms. The van der Waals surface area contributed by atoms with E-state index in [1.54, 1.807) is 24.3 Å². The molecule has 0 spiro atoms. The molecule has 0 bridgehead atoms. The van der Waals surface area contributed by atoms with Gasteiger partial charge in [-0.25, -0.2) is 4.79 Å². The molecular formula is C18H21ClN2O4. The third-order valence-electron chi connectivity index (χ3n) is 3.48. The molecular weight excluding hydrogens is 344 g/mol. The zero-order valence-corrected chi connectivity index (χ0v) is 14.9. The van der Waals surface area contributed by atoms with Gasteiger partial charge in [-0.3, -0.25) is 0 Å². The second-order valence-electron chi connectivity index (χ2n) is 5.32. The third kappa shape index (κ3) is 5.55. The lowest BCUT2D eigenvalue weighted by Gasteiger charge is -2.13. The van der Waals surface area contributed by atoms with Crippen molar-refractivity contribution in [3.8, 4) is 11.5 Å². The van der Waals surface area contributed by atoms with E-state index in [1.165, 1.54) is 7.11 Å². The summed E-state index contributed by atoms with van der Waals surface area (Å²) in [4.78, 5) is 12.1. The van der Waals surface area contributed by atoms with Gasteiger partial charge in [0.25, 0.3) is 0 Å². The highest BCUT2D eigenvalue weighted by Crippen LogP contribution is 2.28. The van der Waals surface area contributed by atoms with Gasteiger partial charge in [-0.05, 0) is 42.3 Å². The fourth-order valence-electron chi connectivity index (χ4n) is 2.17. The predicted octanol–water partition coefficient (Wildman–Crippen LogP) is 3.35. The SMILES string of the molecule is COc1cc(CNC(=O)Nc2cc(Cl)ccc2C)ccc1OCCO. The molecule has 0 heterocycles. The molecule has 2 rings (SSSR count). The van der Waals surface area contributed by atoms with E-state index < -0.39 is 0 Å². The quantitative estimate of drug-likeness (QED) is 0.704. The Bertz CT molecular complexity index is 737. The molecule has 0 fully saturated rings. The Balaban J connectivity index is 1.96. The van der Waals surface area contributed by atoms with E-state index in [0.717, 1.165) is 11.1 Å². The van der Waals surface area contributed by atoms with Crippen molar-refractivity contribution in [2.45, 2.75) is 13.5 Å². The number of aryl methyl sites for hydroxylation is 1. The first kappa shape index (κ1) is 18.9. The van der Waals surface area contributed by atoms with E-state index in [4.69, 9.17) is 26.2 Å². The normalized spacial score (nSPS) is 10.2. The highest BCUT2D eigenvalue weighted by Gasteiger charge is 2.08. The lowest BCUT2D eigenvalue weighted by Crippen LogP contribution is -2.28. The Hall–Kier alpha value is -2.44. The van der Waals surface area contributed by atoms with Crippen LogP contribution >= 0.6 is 11.6 Å². The number of anilines is 1. The molecule has 3 N–H and O–H groups in total. The number of hydrogen-bond donors (Lipinski definition) is 3. The van der Waals surface area contributed by atoms with Crippen molar-refractivity contribution in [2.24, 2.45) is 0 Å². The molecule has 0 aliphatic heterocycles. The van der Waals surface area contributed by atoms with Crippen LogP contribution in [0.4, 0.5) is 10.5 Å². The van der Waals surface area contributed by atoms with E-state index >= 15 is 0 Å². The van der Waals surface area contributed by atoms with Crippen LogP contribution in [0.1, 0.15) is 11.1 Å². The number of methoxy groups -OCH3 is 1. The van der Waals surface area contributed by atoms with Gasteiger partial charge >= 0.3 is 6.03 Å². The van der Waals surface area contributed by atoms with Crippen LogP contribution in [0.5, 0.6) is 11.5 Å². The van der Waals surface area contributed by atoms with Gasteiger partial charge in [0.1, 0.15) is 6.61 Å². The number of urea groups is 1. The highest BCUT2D eigenvalue weighted by atomic mass is 35.5. The fourth-order valence-corrected chi connectivity index (χ4v) is 2.35. The number of benzene rings is 2. The molecule has 2 amide bonds. The van der Waals surface area contributed by atoms with Crippen molar-refractivity contribution >= 4 is 23.3 Å². The van der Waals surface area contributed by atoms with Gasteiger partial charge in [0, 0.05) is 17.3 Å². The summed E-state index contributed by atoms with van der Waals surface area (Å²) in [6, 6.07) is 10.3. The van der Waals surface area contributed by atoms with Gasteiger partial charge < -0.3 is 25.2 Å². The largest absolute Gasteiger partial charge is 0.493 e. The maximum absolute atomic E-state index is 12.1. The smallest absolute Gasteiger partial charge is 0.319 e.